The smallest absolute Gasteiger partial charge is 0.373 e. The van der Waals surface area contributed by atoms with Gasteiger partial charge in [-0.15, -0.1) is 0 Å². The SMILES string of the molecule is CC(C)(C)c1cc(C(=O)Nc2cnc(C(=O)O)nc2)cc(C(C)(C)C)c1. The van der Waals surface area contributed by atoms with E-state index in [0.717, 1.165) is 11.1 Å². The molecule has 2 aromatic rings. The quantitative estimate of drug-likeness (QED) is 0.867. The first-order valence-corrected chi connectivity index (χ1v) is 8.40. The average Bonchev–Trinajstić information content (AvgIpc) is 2.53. The molecule has 1 heterocycles. The minimum absolute atomic E-state index is 0.0947. The number of nitrogens with zero attached hydrogens (tertiary/aromatic N) is 2. The molecule has 0 atom stereocenters. The molecule has 26 heavy (non-hydrogen) atoms. The van der Waals surface area contributed by atoms with E-state index in [0.29, 0.717) is 11.3 Å². The Morgan fingerprint density at radius 3 is 1.73 bits per heavy atom. The maximum absolute atomic E-state index is 12.7. The van der Waals surface area contributed by atoms with Crippen molar-refractivity contribution in [3.05, 3.63) is 53.1 Å². The molecule has 0 aliphatic rings. The van der Waals surface area contributed by atoms with Crippen LogP contribution < -0.4 is 5.32 Å². The van der Waals surface area contributed by atoms with E-state index in [1.807, 2.05) is 12.1 Å². The zero-order chi connectivity index (χ0) is 19.7. The van der Waals surface area contributed by atoms with Gasteiger partial charge < -0.3 is 10.4 Å². The third-order valence-corrected chi connectivity index (χ3v) is 4.03. The van der Waals surface area contributed by atoms with E-state index < -0.39 is 5.97 Å². The molecule has 0 spiro atoms. The van der Waals surface area contributed by atoms with Gasteiger partial charge in [-0.3, -0.25) is 4.79 Å². The van der Waals surface area contributed by atoms with Crippen molar-refractivity contribution in [3.8, 4) is 0 Å². The van der Waals surface area contributed by atoms with E-state index in [1.54, 1.807) is 0 Å². The lowest BCUT2D eigenvalue weighted by Gasteiger charge is -2.26. The standard InChI is InChI=1S/C20H25N3O3/c1-19(2,3)13-7-12(8-14(9-13)20(4,5)6)17(24)23-15-10-21-16(18(25)26)22-11-15/h7-11H,1-6H3,(H,23,24)(H,25,26). The number of carboxylic acids is 1. The highest BCUT2D eigenvalue weighted by molar-refractivity contribution is 6.04. The Labute approximate surface area is 153 Å². The van der Waals surface area contributed by atoms with Crippen LogP contribution in [0, 0.1) is 0 Å². The largest absolute Gasteiger partial charge is 0.475 e. The number of anilines is 1. The monoisotopic (exact) mass is 355 g/mol. The molecule has 1 amide bonds. The number of carbonyl (C=O) groups is 2. The molecular weight excluding hydrogens is 330 g/mol. The van der Waals surface area contributed by atoms with E-state index in [4.69, 9.17) is 5.11 Å². The Hall–Kier alpha value is -2.76. The number of benzene rings is 1. The number of rotatable bonds is 3. The second-order valence-corrected chi connectivity index (χ2v) is 8.35. The summed E-state index contributed by atoms with van der Waals surface area (Å²) in [5.74, 6) is -1.81. The zero-order valence-electron chi connectivity index (χ0n) is 16.0. The van der Waals surface area contributed by atoms with Gasteiger partial charge in [0.15, 0.2) is 0 Å². The van der Waals surface area contributed by atoms with Crippen molar-refractivity contribution in [2.75, 3.05) is 5.32 Å². The highest BCUT2D eigenvalue weighted by atomic mass is 16.4. The second kappa shape index (κ2) is 6.86. The summed E-state index contributed by atoms with van der Waals surface area (Å²) >= 11 is 0. The van der Waals surface area contributed by atoms with Gasteiger partial charge in [-0.1, -0.05) is 47.6 Å². The molecule has 0 aliphatic carbocycles. The lowest BCUT2D eigenvalue weighted by molar-refractivity contribution is 0.0683. The minimum Gasteiger partial charge on any atom is -0.475 e. The minimum atomic E-state index is -1.21. The van der Waals surface area contributed by atoms with Crippen LogP contribution in [0.1, 0.15) is 73.6 Å². The molecule has 0 saturated carbocycles. The van der Waals surface area contributed by atoms with Gasteiger partial charge in [-0.2, -0.15) is 0 Å². The number of aromatic nitrogens is 2. The van der Waals surface area contributed by atoms with Gasteiger partial charge in [-0.25, -0.2) is 14.8 Å². The predicted molar refractivity (Wildman–Crippen MR) is 101 cm³/mol. The summed E-state index contributed by atoms with van der Waals surface area (Å²) in [4.78, 5) is 30.9. The first-order valence-electron chi connectivity index (χ1n) is 8.40. The molecule has 2 N–H and O–H groups in total. The maximum Gasteiger partial charge on any atom is 0.373 e. The molecule has 0 radical (unpaired) electrons. The van der Waals surface area contributed by atoms with Crippen LogP contribution in [0.15, 0.2) is 30.6 Å². The van der Waals surface area contributed by atoms with Gasteiger partial charge in [0.05, 0.1) is 18.1 Å². The zero-order valence-corrected chi connectivity index (χ0v) is 16.0. The van der Waals surface area contributed by atoms with Crippen LogP contribution in [0.25, 0.3) is 0 Å². The summed E-state index contributed by atoms with van der Waals surface area (Å²) in [6.07, 6.45) is 2.57. The normalized spacial score (nSPS) is 11.9. The van der Waals surface area contributed by atoms with E-state index in [9.17, 15) is 9.59 Å². The fraction of sp³-hybridized carbons (Fsp3) is 0.400. The summed E-state index contributed by atoms with van der Waals surface area (Å²) in [7, 11) is 0. The molecule has 6 nitrogen and oxygen atoms in total. The van der Waals surface area contributed by atoms with Crippen LogP contribution in [0.3, 0.4) is 0 Å². The maximum atomic E-state index is 12.7. The predicted octanol–water partition coefficient (Wildman–Crippen LogP) is 4.02. The first-order chi connectivity index (χ1) is 11.9. The fourth-order valence-electron chi connectivity index (χ4n) is 2.33. The van der Waals surface area contributed by atoms with Crippen molar-refractivity contribution in [1.29, 1.82) is 0 Å². The highest BCUT2D eigenvalue weighted by Crippen LogP contribution is 2.30. The Kier molecular flexibility index (Phi) is 5.16. The van der Waals surface area contributed by atoms with Crippen molar-refractivity contribution < 1.29 is 14.7 Å². The van der Waals surface area contributed by atoms with Crippen LogP contribution >= 0.6 is 0 Å². The van der Waals surface area contributed by atoms with Crippen molar-refractivity contribution in [2.24, 2.45) is 0 Å². The Morgan fingerprint density at radius 1 is 0.885 bits per heavy atom. The van der Waals surface area contributed by atoms with Crippen LogP contribution in [-0.2, 0) is 10.8 Å². The summed E-state index contributed by atoms with van der Waals surface area (Å²) in [6.45, 7) is 12.6. The molecule has 0 bridgehead atoms. The molecule has 0 fully saturated rings. The molecule has 6 heteroatoms. The molecule has 0 aliphatic heterocycles. The Bertz CT molecular complexity index is 797. The number of hydrogen-bond donors (Lipinski definition) is 2. The Balaban J connectivity index is 2.37. The van der Waals surface area contributed by atoms with Crippen LogP contribution in [-0.4, -0.2) is 27.0 Å². The molecule has 0 unspecified atom stereocenters. The number of amides is 1. The Morgan fingerprint density at radius 2 is 1.35 bits per heavy atom. The molecule has 1 aromatic heterocycles. The topological polar surface area (TPSA) is 92.2 Å². The second-order valence-electron chi connectivity index (χ2n) is 8.35. The van der Waals surface area contributed by atoms with Gasteiger partial charge >= 0.3 is 5.97 Å². The molecule has 138 valence electrons. The van der Waals surface area contributed by atoms with Crippen LogP contribution in [0.4, 0.5) is 5.69 Å². The summed E-state index contributed by atoms with van der Waals surface area (Å²) in [5.41, 5.74) is 2.86. The molecular formula is C20H25N3O3. The third-order valence-electron chi connectivity index (χ3n) is 4.03. The van der Waals surface area contributed by atoms with Crippen LogP contribution in [0.2, 0.25) is 0 Å². The summed E-state index contributed by atoms with van der Waals surface area (Å²) in [6, 6.07) is 5.91. The molecule has 1 aromatic carbocycles. The van der Waals surface area contributed by atoms with Gasteiger partial charge in [-0.05, 0) is 34.1 Å². The van der Waals surface area contributed by atoms with Gasteiger partial charge in [0.1, 0.15) is 0 Å². The lowest BCUT2D eigenvalue weighted by Crippen LogP contribution is -2.20. The third kappa shape index (κ3) is 4.65. The number of nitrogens with one attached hydrogen (secondary N) is 1. The first kappa shape index (κ1) is 19.6. The summed E-state index contributed by atoms with van der Waals surface area (Å²) in [5, 5.41) is 11.6. The van der Waals surface area contributed by atoms with Crippen LogP contribution in [0.5, 0.6) is 0 Å². The highest BCUT2D eigenvalue weighted by Gasteiger charge is 2.22. The molecule has 0 saturated heterocycles. The van der Waals surface area contributed by atoms with Crippen molar-refractivity contribution in [3.63, 3.8) is 0 Å². The number of carboxylic acid groups (broad SMARTS) is 1. The summed E-state index contributed by atoms with van der Waals surface area (Å²) < 4.78 is 0. The van der Waals surface area contributed by atoms with E-state index in [1.165, 1.54) is 12.4 Å². The number of aromatic carboxylic acids is 1. The van der Waals surface area contributed by atoms with E-state index in [-0.39, 0.29) is 22.6 Å². The van der Waals surface area contributed by atoms with Crippen molar-refractivity contribution in [2.45, 2.75) is 52.4 Å². The number of hydrogen-bond acceptors (Lipinski definition) is 4. The van der Waals surface area contributed by atoms with E-state index in [2.05, 4.69) is 62.9 Å². The lowest BCUT2D eigenvalue weighted by atomic mass is 9.79. The van der Waals surface area contributed by atoms with Crippen molar-refractivity contribution in [1.82, 2.24) is 9.97 Å². The molecule has 2 rings (SSSR count). The van der Waals surface area contributed by atoms with Gasteiger partial charge in [0, 0.05) is 5.56 Å². The average molecular weight is 355 g/mol. The van der Waals surface area contributed by atoms with Gasteiger partial charge in [0.25, 0.3) is 5.91 Å². The number of carbonyl (C=O) groups excluding carboxylic acids is 1. The van der Waals surface area contributed by atoms with E-state index >= 15 is 0 Å². The van der Waals surface area contributed by atoms with Crippen molar-refractivity contribution >= 4 is 17.6 Å². The van der Waals surface area contributed by atoms with Gasteiger partial charge in [0.2, 0.25) is 5.82 Å². The fourth-order valence-corrected chi connectivity index (χ4v) is 2.33.